The first-order valence-electron chi connectivity index (χ1n) is 6.91. The molecular formula is C19H14O2. The lowest BCUT2D eigenvalue weighted by Crippen LogP contribution is -1.82. The number of methoxy groups -OCH3 is 1. The molecule has 0 aliphatic carbocycles. The van der Waals surface area contributed by atoms with Crippen molar-refractivity contribution in [3.63, 3.8) is 0 Å². The topological polar surface area (TPSA) is 22.4 Å². The Bertz CT molecular complexity index is 935. The van der Waals surface area contributed by atoms with Crippen LogP contribution in [0.4, 0.5) is 0 Å². The summed E-state index contributed by atoms with van der Waals surface area (Å²) in [5.74, 6) is 1.69. The van der Waals surface area contributed by atoms with Crippen molar-refractivity contribution >= 4 is 21.7 Å². The molecule has 0 spiro atoms. The monoisotopic (exact) mass is 274 g/mol. The number of rotatable bonds is 2. The predicted octanol–water partition coefficient (Wildman–Crippen LogP) is 5.26. The molecule has 2 heteroatoms. The molecule has 0 aliphatic heterocycles. The third-order valence-electron chi connectivity index (χ3n) is 3.78. The Morgan fingerprint density at radius 2 is 1.71 bits per heavy atom. The lowest BCUT2D eigenvalue weighted by atomic mass is 10.1. The molecule has 0 radical (unpaired) electrons. The van der Waals surface area contributed by atoms with Gasteiger partial charge in [0.25, 0.3) is 0 Å². The van der Waals surface area contributed by atoms with Crippen LogP contribution in [0.15, 0.2) is 71.1 Å². The van der Waals surface area contributed by atoms with Gasteiger partial charge in [0.15, 0.2) is 0 Å². The summed E-state index contributed by atoms with van der Waals surface area (Å²) in [5, 5.41) is 3.59. The van der Waals surface area contributed by atoms with Crippen molar-refractivity contribution in [3.05, 3.63) is 66.7 Å². The van der Waals surface area contributed by atoms with Gasteiger partial charge >= 0.3 is 0 Å². The molecule has 21 heavy (non-hydrogen) atoms. The molecular weight excluding hydrogens is 260 g/mol. The molecule has 0 N–H and O–H groups in total. The lowest BCUT2D eigenvalue weighted by molar-refractivity contribution is 0.415. The van der Waals surface area contributed by atoms with Gasteiger partial charge in [0.1, 0.15) is 17.1 Å². The van der Waals surface area contributed by atoms with Crippen LogP contribution in [0.5, 0.6) is 5.75 Å². The van der Waals surface area contributed by atoms with Crippen LogP contribution in [0.25, 0.3) is 33.1 Å². The van der Waals surface area contributed by atoms with E-state index in [0.717, 1.165) is 28.0 Å². The average molecular weight is 274 g/mol. The number of fused-ring (bicyclic) bond motifs is 3. The molecule has 1 heterocycles. The third-order valence-corrected chi connectivity index (χ3v) is 3.78. The second kappa shape index (κ2) is 4.67. The van der Waals surface area contributed by atoms with E-state index in [1.165, 1.54) is 10.8 Å². The number of ether oxygens (including phenoxy) is 1. The largest absolute Gasteiger partial charge is 0.497 e. The lowest BCUT2D eigenvalue weighted by Gasteiger charge is -2.01. The summed E-state index contributed by atoms with van der Waals surface area (Å²) >= 11 is 0. The quantitative estimate of drug-likeness (QED) is 0.497. The van der Waals surface area contributed by atoms with E-state index in [1.54, 1.807) is 7.11 Å². The fourth-order valence-electron chi connectivity index (χ4n) is 2.71. The highest BCUT2D eigenvalue weighted by atomic mass is 16.5. The molecule has 3 aromatic carbocycles. The van der Waals surface area contributed by atoms with Crippen LogP contribution in [0.2, 0.25) is 0 Å². The molecule has 0 amide bonds. The molecule has 4 rings (SSSR count). The minimum absolute atomic E-state index is 0.831. The van der Waals surface area contributed by atoms with Gasteiger partial charge in [-0.2, -0.15) is 0 Å². The molecule has 0 saturated heterocycles. The Morgan fingerprint density at radius 1 is 0.810 bits per heavy atom. The Hall–Kier alpha value is -2.74. The predicted molar refractivity (Wildman–Crippen MR) is 85.7 cm³/mol. The first kappa shape index (κ1) is 12.0. The molecule has 0 unspecified atom stereocenters. The highest BCUT2D eigenvalue weighted by Crippen LogP contribution is 2.33. The highest BCUT2D eigenvalue weighted by Gasteiger charge is 2.09. The zero-order chi connectivity index (χ0) is 14.2. The maximum absolute atomic E-state index is 6.01. The van der Waals surface area contributed by atoms with Crippen molar-refractivity contribution in [2.24, 2.45) is 0 Å². The molecule has 0 fully saturated rings. The van der Waals surface area contributed by atoms with Crippen LogP contribution in [0.3, 0.4) is 0 Å². The molecule has 2 nitrogen and oxygen atoms in total. The van der Waals surface area contributed by atoms with E-state index >= 15 is 0 Å². The second-order valence-corrected chi connectivity index (χ2v) is 5.04. The fourth-order valence-corrected chi connectivity index (χ4v) is 2.71. The van der Waals surface area contributed by atoms with E-state index in [-0.39, 0.29) is 0 Å². The summed E-state index contributed by atoms with van der Waals surface area (Å²) in [6.45, 7) is 0. The fraction of sp³-hybridized carbons (Fsp3) is 0.0526. The van der Waals surface area contributed by atoms with Crippen molar-refractivity contribution in [1.82, 2.24) is 0 Å². The van der Waals surface area contributed by atoms with Gasteiger partial charge in [0.2, 0.25) is 0 Å². The van der Waals surface area contributed by atoms with Crippen molar-refractivity contribution in [3.8, 4) is 17.1 Å². The van der Waals surface area contributed by atoms with Crippen LogP contribution < -0.4 is 4.74 Å². The Labute approximate surface area is 122 Å². The van der Waals surface area contributed by atoms with Crippen LogP contribution in [0.1, 0.15) is 0 Å². The minimum Gasteiger partial charge on any atom is -0.497 e. The number of furan rings is 1. The van der Waals surface area contributed by atoms with Crippen LogP contribution >= 0.6 is 0 Å². The first-order chi connectivity index (χ1) is 10.3. The Balaban J connectivity index is 1.96. The SMILES string of the molecule is COc1cccc(-c2cc3c(ccc4ccccc43)o2)c1. The Kier molecular flexibility index (Phi) is 2.68. The zero-order valence-electron chi connectivity index (χ0n) is 11.7. The molecule has 0 saturated carbocycles. The van der Waals surface area contributed by atoms with Gasteiger partial charge in [-0.1, -0.05) is 42.5 Å². The van der Waals surface area contributed by atoms with Crippen molar-refractivity contribution in [2.75, 3.05) is 7.11 Å². The van der Waals surface area contributed by atoms with E-state index < -0.39 is 0 Å². The smallest absolute Gasteiger partial charge is 0.135 e. The van der Waals surface area contributed by atoms with Crippen LogP contribution in [-0.4, -0.2) is 7.11 Å². The maximum Gasteiger partial charge on any atom is 0.135 e. The van der Waals surface area contributed by atoms with E-state index in [0.29, 0.717) is 0 Å². The van der Waals surface area contributed by atoms with Gasteiger partial charge < -0.3 is 9.15 Å². The highest BCUT2D eigenvalue weighted by molar-refractivity contribution is 6.07. The first-order valence-corrected chi connectivity index (χ1v) is 6.91. The van der Waals surface area contributed by atoms with Gasteiger partial charge in [0.05, 0.1) is 7.11 Å². The van der Waals surface area contributed by atoms with E-state index in [1.807, 2.05) is 30.3 Å². The van der Waals surface area contributed by atoms with Crippen molar-refractivity contribution in [2.45, 2.75) is 0 Å². The third kappa shape index (κ3) is 1.96. The maximum atomic E-state index is 6.01. The number of hydrogen-bond acceptors (Lipinski definition) is 2. The zero-order valence-corrected chi connectivity index (χ0v) is 11.7. The van der Waals surface area contributed by atoms with E-state index in [4.69, 9.17) is 9.15 Å². The van der Waals surface area contributed by atoms with Gasteiger partial charge in [-0.3, -0.25) is 0 Å². The van der Waals surface area contributed by atoms with Crippen LogP contribution in [-0.2, 0) is 0 Å². The summed E-state index contributed by atoms with van der Waals surface area (Å²) in [4.78, 5) is 0. The standard InChI is InChI=1S/C19H14O2/c1-20-15-7-4-6-14(11-15)19-12-17-16-8-3-2-5-13(16)9-10-18(17)21-19/h2-12H,1H3. The number of hydrogen-bond donors (Lipinski definition) is 0. The normalized spacial score (nSPS) is 11.1. The van der Waals surface area contributed by atoms with Gasteiger partial charge in [0, 0.05) is 10.9 Å². The van der Waals surface area contributed by atoms with E-state index in [2.05, 4.69) is 36.4 Å². The second-order valence-electron chi connectivity index (χ2n) is 5.04. The minimum atomic E-state index is 0.831. The summed E-state index contributed by atoms with van der Waals surface area (Å²) < 4.78 is 11.3. The summed E-state index contributed by atoms with van der Waals surface area (Å²) in [6.07, 6.45) is 0. The van der Waals surface area contributed by atoms with Gasteiger partial charge in [-0.05, 0) is 35.0 Å². The Morgan fingerprint density at radius 3 is 2.62 bits per heavy atom. The van der Waals surface area contributed by atoms with Crippen molar-refractivity contribution in [1.29, 1.82) is 0 Å². The molecule has 0 aliphatic rings. The van der Waals surface area contributed by atoms with Gasteiger partial charge in [-0.25, -0.2) is 0 Å². The molecule has 0 bridgehead atoms. The summed E-state index contributed by atoms with van der Waals surface area (Å²) in [6, 6.07) is 22.5. The molecule has 102 valence electrons. The molecule has 0 atom stereocenters. The molecule has 1 aromatic heterocycles. The van der Waals surface area contributed by atoms with Gasteiger partial charge in [-0.15, -0.1) is 0 Å². The summed E-state index contributed by atoms with van der Waals surface area (Å²) in [7, 11) is 1.67. The average Bonchev–Trinajstić information content (AvgIpc) is 2.99. The number of benzene rings is 3. The van der Waals surface area contributed by atoms with Crippen LogP contribution in [0, 0.1) is 0 Å². The summed E-state index contributed by atoms with van der Waals surface area (Å²) in [5.41, 5.74) is 1.93. The van der Waals surface area contributed by atoms with Crippen molar-refractivity contribution < 1.29 is 9.15 Å². The molecule has 4 aromatic rings. The van der Waals surface area contributed by atoms with E-state index in [9.17, 15) is 0 Å².